The second-order valence-corrected chi connectivity index (χ2v) is 6.23. The molecule has 0 saturated heterocycles. The lowest BCUT2D eigenvalue weighted by Gasteiger charge is -2.09. The third-order valence-corrected chi connectivity index (χ3v) is 3.93. The fourth-order valence-corrected chi connectivity index (χ4v) is 2.70. The van der Waals surface area contributed by atoms with Crippen LogP contribution in [0.4, 0.5) is 17.2 Å². The average Bonchev–Trinajstić information content (AvgIpc) is 2.65. The molecule has 1 amide bonds. The first-order chi connectivity index (χ1) is 13.1. The quantitative estimate of drug-likeness (QED) is 0.639. The number of carbonyl (C=O) groups excluding carboxylic acids is 1. The van der Waals surface area contributed by atoms with E-state index < -0.39 is 0 Å². The van der Waals surface area contributed by atoms with Crippen molar-refractivity contribution in [3.05, 3.63) is 78.0 Å². The highest BCUT2D eigenvalue weighted by molar-refractivity contribution is 5.91. The van der Waals surface area contributed by atoms with Crippen LogP contribution in [0.15, 0.2) is 66.9 Å². The van der Waals surface area contributed by atoms with Crippen LogP contribution in [0.5, 0.6) is 5.75 Å². The number of pyridine rings is 1. The number of hydrogen-bond acceptors (Lipinski definition) is 4. The van der Waals surface area contributed by atoms with Gasteiger partial charge in [0.1, 0.15) is 11.6 Å². The number of anilines is 3. The summed E-state index contributed by atoms with van der Waals surface area (Å²) in [5, 5.41) is 6.10. The van der Waals surface area contributed by atoms with Crippen LogP contribution < -0.4 is 15.4 Å². The number of ether oxygens (including phenoxy) is 1. The van der Waals surface area contributed by atoms with Gasteiger partial charge in [-0.3, -0.25) is 4.79 Å². The Bertz CT molecular complexity index is 890. The van der Waals surface area contributed by atoms with Crippen LogP contribution in [0.2, 0.25) is 0 Å². The van der Waals surface area contributed by atoms with Gasteiger partial charge in [0.15, 0.2) is 0 Å². The first-order valence-electron chi connectivity index (χ1n) is 8.94. The Kier molecular flexibility index (Phi) is 6.05. The molecule has 0 bridgehead atoms. The molecule has 0 aliphatic rings. The van der Waals surface area contributed by atoms with Crippen molar-refractivity contribution in [1.29, 1.82) is 0 Å². The van der Waals surface area contributed by atoms with Gasteiger partial charge in [-0.15, -0.1) is 0 Å². The number of hydrogen-bond donors (Lipinski definition) is 2. The van der Waals surface area contributed by atoms with Gasteiger partial charge in [-0.1, -0.05) is 29.8 Å². The number of aromatic nitrogens is 1. The Morgan fingerprint density at radius 3 is 2.48 bits per heavy atom. The second-order valence-electron chi connectivity index (χ2n) is 6.23. The van der Waals surface area contributed by atoms with Crippen molar-refractivity contribution in [2.75, 3.05) is 17.2 Å². The van der Waals surface area contributed by atoms with E-state index in [0.29, 0.717) is 18.8 Å². The maximum atomic E-state index is 12.2. The summed E-state index contributed by atoms with van der Waals surface area (Å²) in [5.74, 6) is 1.29. The van der Waals surface area contributed by atoms with E-state index in [2.05, 4.69) is 15.6 Å². The molecule has 3 rings (SSSR count). The highest BCUT2D eigenvalue weighted by Crippen LogP contribution is 2.20. The summed E-state index contributed by atoms with van der Waals surface area (Å²) in [6.45, 7) is 4.62. The molecule has 1 aromatic heterocycles. The van der Waals surface area contributed by atoms with Crippen LogP contribution in [0.1, 0.15) is 18.1 Å². The lowest BCUT2D eigenvalue weighted by atomic mass is 10.1. The zero-order chi connectivity index (χ0) is 19.1. The van der Waals surface area contributed by atoms with Gasteiger partial charge in [0.05, 0.1) is 24.9 Å². The van der Waals surface area contributed by atoms with E-state index in [-0.39, 0.29) is 5.91 Å². The molecule has 2 aromatic carbocycles. The van der Waals surface area contributed by atoms with Gasteiger partial charge in [0, 0.05) is 5.69 Å². The van der Waals surface area contributed by atoms with Gasteiger partial charge in [-0.2, -0.15) is 0 Å². The predicted octanol–water partition coefficient (Wildman–Crippen LogP) is 4.71. The fraction of sp³-hybridized carbons (Fsp3) is 0.182. The summed E-state index contributed by atoms with van der Waals surface area (Å²) >= 11 is 0. The molecule has 0 unspecified atom stereocenters. The van der Waals surface area contributed by atoms with E-state index in [1.165, 1.54) is 0 Å². The molecule has 0 saturated carbocycles. The minimum Gasteiger partial charge on any atom is -0.494 e. The molecule has 27 heavy (non-hydrogen) atoms. The molecule has 1 heterocycles. The predicted molar refractivity (Wildman–Crippen MR) is 109 cm³/mol. The summed E-state index contributed by atoms with van der Waals surface area (Å²) < 4.78 is 5.43. The third-order valence-electron chi connectivity index (χ3n) is 3.93. The molecular weight excluding hydrogens is 338 g/mol. The van der Waals surface area contributed by atoms with Crippen molar-refractivity contribution in [1.82, 2.24) is 4.98 Å². The number of nitrogens with zero attached hydrogens (tertiary/aromatic N) is 1. The highest BCUT2D eigenvalue weighted by atomic mass is 16.5. The molecule has 3 aromatic rings. The number of aryl methyl sites for hydroxylation is 1. The molecule has 138 valence electrons. The van der Waals surface area contributed by atoms with Crippen LogP contribution in [-0.2, 0) is 11.2 Å². The van der Waals surface area contributed by atoms with E-state index >= 15 is 0 Å². The Balaban J connectivity index is 1.55. The van der Waals surface area contributed by atoms with E-state index in [9.17, 15) is 4.79 Å². The Morgan fingerprint density at radius 1 is 1.04 bits per heavy atom. The fourth-order valence-electron chi connectivity index (χ4n) is 2.70. The van der Waals surface area contributed by atoms with Crippen LogP contribution >= 0.6 is 0 Å². The van der Waals surface area contributed by atoms with Crippen LogP contribution in [-0.4, -0.2) is 17.5 Å². The first kappa shape index (κ1) is 18.5. The second kappa shape index (κ2) is 8.85. The standard InChI is InChI=1S/C22H23N3O2/c1-3-27-20-10-7-18(8-11-20)24-19-9-12-21(23-15-19)25-22(26)14-17-6-4-5-16(2)13-17/h4-13,15,24H,3,14H2,1-2H3,(H,23,25,26). The average molecular weight is 361 g/mol. The molecule has 0 aliphatic carbocycles. The number of carbonyl (C=O) groups is 1. The number of benzene rings is 2. The van der Waals surface area contributed by atoms with Gasteiger partial charge >= 0.3 is 0 Å². The molecule has 0 spiro atoms. The third kappa shape index (κ3) is 5.57. The highest BCUT2D eigenvalue weighted by Gasteiger charge is 2.05. The first-order valence-corrected chi connectivity index (χ1v) is 8.94. The van der Waals surface area contributed by atoms with Crippen molar-refractivity contribution < 1.29 is 9.53 Å². The minimum absolute atomic E-state index is 0.0830. The molecular formula is C22H23N3O2. The molecule has 2 N–H and O–H groups in total. The minimum atomic E-state index is -0.0830. The topological polar surface area (TPSA) is 63.2 Å². The summed E-state index contributed by atoms with van der Waals surface area (Å²) in [7, 11) is 0. The van der Waals surface area contributed by atoms with Gasteiger partial charge in [-0.05, 0) is 55.8 Å². The van der Waals surface area contributed by atoms with E-state index in [1.54, 1.807) is 12.3 Å². The van der Waals surface area contributed by atoms with Crippen LogP contribution in [0, 0.1) is 6.92 Å². The summed E-state index contributed by atoms with van der Waals surface area (Å²) in [6, 6.07) is 19.3. The molecule has 0 aliphatic heterocycles. The van der Waals surface area contributed by atoms with Gasteiger partial charge in [0.25, 0.3) is 0 Å². The zero-order valence-electron chi connectivity index (χ0n) is 15.5. The Morgan fingerprint density at radius 2 is 1.81 bits per heavy atom. The lowest BCUT2D eigenvalue weighted by molar-refractivity contribution is -0.115. The van der Waals surface area contributed by atoms with Crippen molar-refractivity contribution in [2.45, 2.75) is 20.3 Å². The molecule has 5 heteroatoms. The molecule has 0 atom stereocenters. The van der Waals surface area contributed by atoms with Crippen molar-refractivity contribution in [3.8, 4) is 5.75 Å². The van der Waals surface area contributed by atoms with Gasteiger partial charge < -0.3 is 15.4 Å². The van der Waals surface area contributed by atoms with Gasteiger partial charge in [-0.25, -0.2) is 4.98 Å². The summed E-state index contributed by atoms with van der Waals surface area (Å²) in [6.07, 6.45) is 2.02. The molecule has 5 nitrogen and oxygen atoms in total. The van der Waals surface area contributed by atoms with Crippen LogP contribution in [0.25, 0.3) is 0 Å². The Hall–Kier alpha value is -3.34. The SMILES string of the molecule is CCOc1ccc(Nc2ccc(NC(=O)Cc3cccc(C)c3)nc2)cc1. The normalized spacial score (nSPS) is 10.3. The van der Waals surface area contributed by atoms with E-state index in [1.807, 2.05) is 68.4 Å². The summed E-state index contributed by atoms with van der Waals surface area (Å²) in [4.78, 5) is 16.5. The maximum absolute atomic E-state index is 12.2. The van der Waals surface area contributed by atoms with Crippen LogP contribution in [0.3, 0.4) is 0 Å². The monoisotopic (exact) mass is 361 g/mol. The van der Waals surface area contributed by atoms with E-state index in [0.717, 1.165) is 28.3 Å². The number of amides is 1. The lowest BCUT2D eigenvalue weighted by Crippen LogP contribution is -2.15. The molecule has 0 radical (unpaired) electrons. The summed E-state index contributed by atoms with van der Waals surface area (Å²) in [5.41, 5.74) is 3.91. The van der Waals surface area contributed by atoms with Crippen molar-refractivity contribution in [3.63, 3.8) is 0 Å². The maximum Gasteiger partial charge on any atom is 0.229 e. The van der Waals surface area contributed by atoms with E-state index in [4.69, 9.17) is 4.74 Å². The largest absolute Gasteiger partial charge is 0.494 e. The van der Waals surface area contributed by atoms with Crippen molar-refractivity contribution in [2.24, 2.45) is 0 Å². The zero-order valence-corrected chi connectivity index (χ0v) is 15.5. The number of rotatable bonds is 7. The Labute approximate surface area is 159 Å². The smallest absolute Gasteiger partial charge is 0.229 e. The van der Waals surface area contributed by atoms with Crippen molar-refractivity contribution >= 4 is 23.1 Å². The number of nitrogens with one attached hydrogen (secondary N) is 2. The van der Waals surface area contributed by atoms with Gasteiger partial charge in [0.2, 0.25) is 5.91 Å². The molecule has 0 fully saturated rings.